The zero-order valence-corrected chi connectivity index (χ0v) is 13.2. The molecule has 0 saturated heterocycles. The fourth-order valence-corrected chi connectivity index (χ4v) is 2.27. The van der Waals surface area contributed by atoms with Gasteiger partial charge in [-0.05, 0) is 30.5 Å². The van der Waals surface area contributed by atoms with Crippen molar-refractivity contribution < 1.29 is 19.3 Å². The molecule has 1 fully saturated rings. The number of aliphatic hydroxyl groups excluding tert-OH is 1. The van der Waals surface area contributed by atoms with Crippen LogP contribution in [0.4, 0.5) is 0 Å². The smallest absolute Gasteiger partial charge is 0.179 e. The number of ether oxygens (including phenoxy) is 3. The van der Waals surface area contributed by atoms with Gasteiger partial charge in [-0.2, -0.15) is 0 Å². The summed E-state index contributed by atoms with van der Waals surface area (Å²) in [7, 11) is 3.10. The molecule has 0 aliphatic heterocycles. The molecule has 1 aliphatic rings. The molecule has 1 aromatic carbocycles. The summed E-state index contributed by atoms with van der Waals surface area (Å²) in [6.07, 6.45) is 1.78. The van der Waals surface area contributed by atoms with Crippen molar-refractivity contribution in [1.29, 1.82) is 0 Å². The van der Waals surface area contributed by atoms with Crippen LogP contribution in [0.2, 0.25) is 5.02 Å². The normalized spacial score (nSPS) is 15.8. The first-order chi connectivity index (χ1) is 10.1. The molecule has 1 atom stereocenters. The van der Waals surface area contributed by atoms with Crippen LogP contribution in [0.1, 0.15) is 18.4 Å². The Morgan fingerprint density at radius 2 is 2.10 bits per heavy atom. The summed E-state index contributed by atoms with van der Waals surface area (Å²) in [5.74, 6) is 1.02. The van der Waals surface area contributed by atoms with E-state index in [9.17, 15) is 5.11 Å². The number of rotatable bonds is 9. The molecule has 1 aromatic rings. The Hall–Kier alpha value is -1.01. The predicted octanol–water partition coefficient (Wildman–Crippen LogP) is 1.99. The van der Waals surface area contributed by atoms with Gasteiger partial charge in [0.05, 0.1) is 18.7 Å². The standard InChI is InChI=1S/C15H22ClNO4/c1-19-8-12(18)9-21-15-13(16)5-10(6-14(15)20-2)7-17-11-3-4-11/h5-6,11-12,17-18H,3-4,7-9H2,1-2H3. The molecule has 0 radical (unpaired) electrons. The van der Waals surface area contributed by atoms with E-state index in [4.69, 9.17) is 25.8 Å². The summed E-state index contributed by atoms with van der Waals surface area (Å²) in [5.41, 5.74) is 1.05. The van der Waals surface area contributed by atoms with Crippen molar-refractivity contribution in [2.45, 2.75) is 31.5 Å². The van der Waals surface area contributed by atoms with Crippen LogP contribution in [0.5, 0.6) is 11.5 Å². The van der Waals surface area contributed by atoms with E-state index < -0.39 is 6.10 Å². The molecule has 5 nitrogen and oxygen atoms in total. The maximum absolute atomic E-state index is 9.63. The van der Waals surface area contributed by atoms with Crippen molar-refractivity contribution >= 4 is 11.6 Å². The van der Waals surface area contributed by atoms with Crippen molar-refractivity contribution in [1.82, 2.24) is 5.32 Å². The van der Waals surface area contributed by atoms with Crippen LogP contribution in [-0.2, 0) is 11.3 Å². The Morgan fingerprint density at radius 1 is 1.33 bits per heavy atom. The van der Waals surface area contributed by atoms with Gasteiger partial charge in [0.25, 0.3) is 0 Å². The van der Waals surface area contributed by atoms with Gasteiger partial charge < -0.3 is 24.6 Å². The minimum atomic E-state index is -0.702. The van der Waals surface area contributed by atoms with E-state index in [1.54, 1.807) is 7.11 Å². The average Bonchev–Trinajstić information content (AvgIpc) is 3.27. The van der Waals surface area contributed by atoms with E-state index in [0.717, 1.165) is 12.1 Å². The second-order valence-corrected chi connectivity index (χ2v) is 5.59. The van der Waals surface area contributed by atoms with Crippen LogP contribution in [-0.4, -0.2) is 44.7 Å². The quantitative estimate of drug-likeness (QED) is 0.730. The largest absolute Gasteiger partial charge is 0.493 e. The number of halogens is 1. The maximum atomic E-state index is 9.63. The summed E-state index contributed by atoms with van der Waals surface area (Å²) < 4.78 is 15.7. The van der Waals surface area contributed by atoms with Crippen molar-refractivity contribution in [3.63, 3.8) is 0 Å². The Morgan fingerprint density at radius 3 is 2.71 bits per heavy atom. The SMILES string of the molecule is COCC(O)COc1c(Cl)cc(CNC2CC2)cc1OC. The molecule has 1 unspecified atom stereocenters. The third kappa shape index (κ3) is 5.04. The third-order valence-electron chi connectivity index (χ3n) is 3.24. The molecule has 0 amide bonds. The minimum Gasteiger partial charge on any atom is -0.493 e. The van der Waals surface area contributed by atoms with Gasteiger partial charge >= 0.3 is 0 Å². The van der Waals surface area contributed by atoms with Crippen molar-refractivity contribution in [3.8, 4) is 11.5 Å². The van der Waals surface area contributed by atoms with Crippen molar-refractivity contribution in [3.05, 3.63) is 22.7 Å². The topological polar surface area (TPSA) is 60.0 Å². The zero-order chi connectivity index (χ0) is 15.2. The predicted molar refractivity (Wildman–Crippen MR) is 81.2 cm³/mol. The molecule has 1 aliphatic carbocycles. The van der Waals surface area contributed by atoms with Crippen LogP contribution < -0.4 is 14.8 Å². The van der Waals surface area contributed by atoms with Crippen LogP contribution in [0.25, 0.3) is 0 Å². The molecule has 118 valence electrons. The summed E-state index contributed by atoms with van der Waals surface area (Å²) >= 11 is 6.26. The Balaban J connectivity index is 2.01. The first kappa shape index (κ1) is 16.4. The molecular weight excluding hydrogens is 294 g/mol. The van der Waals surface area contributed by atoms with Gasteiger partial charge in [0, 0.05) is 19.7 Å². The second kappa shape index (κ2) is 7.84. The Labute approximate surface area is 130 Å². The summed E-state index contributed by atoms with van der Waals surface area (Å²) in [6, 6.07) is 4.39. The molecule has 2 rings (SSSR count). The number of nitrogens with one attached hydrogen (secondary N) is 1. The molecule has 0 aromatic heterocycles. The van der Waals surface area contributed by atoms with Crippen molar-refractivity contribution in [2.24, 2.45) is 0 Å². The average molecular weight is 316 g/mol. The van der Waals surface area contributed by atoms with Gasteiger partial charge in [0.1, 0.15) is 12.7 Å². The highest BCUT2D eigenvalue weighted by Gasteiger charge is 2.21. The summed E-state index contributed by atoms with van der Waals surface area (Å²) in [6.45, 7) is 1.07. The Bertz CT molecular complexity index is 465. The molecule has 6 heteroatoms. The van der Waals surface area contributed by atoms with Crippen LogP contribution in [0, 0.1) is 0 Å². The third-order valence-corrected chi connectivity index (χ3v) is 3.52. The fourth-order valence-electron chi connectivity index (χ4n) is 1.99. The van der Waals surface area contributed by atoms with Gasteiger partial charge in [0.2, 0.25) is 0 Å². The molecule has 21 heavy (non-hydrogen) atoms. The van der Waals surface area contributed by atoms with Crippen molar-refractivity contribution in [2.75, 3.05) is 27.4 Å². The van der Waals surface area contributed by atoms with Crippen LogP contribution in [0.15, 0.2) is 12.1 Å². The highest BCUT2D eigenvalue weighted by atomic mass is 35.5. The lowest BCUT2D eigenvalue weighted by Gasteiger charge is -2.16. The molecule has 2 N–H and O–H groups in total. The maximum Gasteiger partial charge on any atom is 0.179 e. The number of hydrogen-bond donors (Lipinski definition) is 2. The number of hydrogen-bond acceptors (Lipinski definition) is 5. The molecule has 1 saturated carbocycles. The fraction of sp³-hybridized carbons (Fsp3) is 0.600. The van der Waals surface area contributed by atoms with Gasteiger partial charge in [-0.1, -0.05) is 11.6 Å². The number of aliphatic hydroxyl groups is 1. The summed E-state index contributed by atoms with van der Waals surface area (Å²) in [5, 5.41) is 13.5. The van der Waals surface area contributed by atoms with Gasteiger partial charge in [-0.15, -0.1) is 0 Å². The molecule has 0 spiro atoms. The van der Waals surface area contributed by atoms with Crippen LogP contribution in [0.3, 0.4) is 0 Å². The second-order valence-electron chi connectivity index (χ2n) is 5.18. The molecular formula is C15H22ClNO4. The lowest BCUT2D eigenvalue weighted by atomic mass is 10.2. The number of methoxy groups -OCH3 is 2. The summed E-state index contributed by atoms with van der Waals surface area (Å²) in [4.78, 5) is 0. The van der Waals surface area contributed by atoms with Gasteiger partial charge in [-0.3, -0.25) is 0 Å². The first-order valence-electron chi connectivity index (χ1n) is 7.03. The number of benzene rings is 1. The zero-order valence-electron chi connectivity index (χ0n) is 12.4. The van der Waals surface area contributed by atoms with Gasteiger partial charge in [0.15, 0.2) is 11.5 Å². The lowest BCUT2D eigenvalue weighted by Crippen LogP contribution is -2.23. The van der Waals surface area contributed by atoms with E-state index in [0.29, 0.717) is 22.6 Å². The highest BCUT2D eigenvalue weighted by Crippen LogP contribution is 2.36. The monoisotopic (exact) mass is 315 g/mol. The highest BCUT2D eigenvalue weighted by molar-refractivity contribution is 6.32. The van der Waals surface area contributed by atoms with E-state index in [1.165, 1.54) is 20.0 Å². The minimum absolute atomic E-state index is 0.101. The van der Waals surface area contributed by atoms with E-state index >= 15 is 0 Å². The Kier molecular flexibility index (Phi) is 6.11. The van der Waals surface area contributed by atoms with E-state index in [1.807, 2.05) is 12.1 Å². The molecule has 0 heterocycles. The van der Waals surface area contributed by atoms with Gasteiger partial charge in [-0.25, -0.2) is 0 Å². The lowest BCUT2D eigenvalue weighted by molar-refractivity contribution is 0.0319. The van der Waals surface area contributed by atoms with E-state index in [-0.39, 0.29) is 13.2 Å². The van der Waals surface area contributed by atoms with Crippen LogP contribution >= 0.6 is 11.6 Å². The molecule has 0 bridgehead atoms. The van der Waals surface area contributed by atoms with E-state index in [2.05, 4.69) is 5.32 Å². The first-order valence-corrected chi connectivity index (χ1v) is 7.41.